The largest absolute Gasteiger partial charge is 0.277 e. The van der Waals surface area contributed by atoms with Gasteiger partial charge in [-0.1, -0.05) is 10.4 Å². The molecule has 1 aromatic carbocycles. The molecule has 1 atom stereocenters. The maximum atomic E-state index is 12.9. The highest BCUT2D eigenvalue weighted by Gasteiger charge is 2.27. The third-order valence-corrected chi connectivity index (χ3v) is 4.72. The lowest BCUT2D eigenvalue weighted by molar-refractivity contribution is 0.379. The second kappa shape index (κ2) is 5.76. The first-order chi connectivity index (χ1) is 13.1. The zero-order valence-corrected chi connectivity index (χ0v) is 14.4. The number of benzene rings is 1. The summed E-state index contributed by atoms with van der Waals surface area (Å²) in [5, 5.41) is 21.1. The summed E-state index contributed by atoms with van der Waals surface area (Å²) in [6, 6.07) is 2.98. The summed E-state index contributed by atoms with van der Waals surface area (Å²) in [4.78, 5) is 29.4. The van der Waals surface area contributed by atoms with Gasteiger partial charge in [-0.15, -0.1) is 10.2 Å². The minimum atomic E-state index is -0.303. The molecule has 0 saturated heterocycles. The summed E-state index contributed by atoms with van der Waals surface area (Å²) in [5.41, 5.74) is 0.228. The van der Waals surface area contributed by atoms with Crippen molar-refractivity contribution in [1.82, 2.24) is 44.8 Å². The lowest BCUT2D eigenvalue weighted by Gasteiger charge is -2.13. The Morgan fingerprint density at radius 1 is 1.07 bits per heavy atom. The maximum Gasteiger partial charge on any atom is 0.277 e. The predicted molar refractivity (Wildman–Crippen MR) is 94.2 cm³/mol. The van der Waals surface area contributed by atoms with Crippen molar-refractivity contribution in [3.05, 3.63) is 45.5 Å². The normalized spacial score (nSPS) is 15.4. The van der Waals surface area contributed by atoms with Gasteiger partial charge in [-0.05, 0) is 31.9 Å². The van der Waals surface area contributed by atoms with Crippen molar-refractivity contribution in [3.8, 4) is 0 Å². The first kappa shape index (κ1) is 15.7. The van der Waals surface area contributed by atoms with Gasteiger partial charge in [0.2, 0.25) is 0 Å². The van der Waals surface area contributed by atoms with E-state index in [2.05, 4.69) is 30.7 Å². The molecule has 0 radical (unpaired) electrons. The summed E-state index contributed by atoms with van der Waals surface area (Å²) in [6.45, 7) is 2.28. The molecular weight excluding hydrogens is 350 g/mol. The van der Waals surface area contributed by atoms with E-state index in [1.165, 1.54) is 15.7 Å². The molecule has 136 valence electrons. The van der Waals surface area contributed by atoms with Crippen LogP contribution in [0.5, 0.6) is 0 Å². The zero-order chi connectivity index (χ0) is 18.5. The molecule has 4 aromatic rings. The van der Waals surface area contributed by atoms with Crippen LogP contribution in [0.15, 0.2) is 34.4 Å². The Hall–Kier alpha value is -3.50. The van der Waals surface area contributed by atoms with E-state index >= 15 is 0 Å². The van der Waals surface area contributed by atoms with Crippen molar-refractivity contribution >= 4 is 21.8 Å². The molecule has 5 rings (SSSR count). The van der Waals surface area contributed by atoms with Crippen LogP contribution in [0.3, 0.4) is 0 Å². The van der Waals surface area contributed by atoms with Gasteiger partial charge in [-0.25, -0.2) is 14.3 Å². The van der Waals surface area contributed by atoms with Gasteiger partial charge in [0.15, 0.2) is 0 Å². The van der Waals surface area contributed by atoms with E-state index in [9.17, 15) is 9.59 Å². The van der Waals surface area contributed by atoms with E-state index in [-0.39, 0.29) is 23.2 Å². The summed E-state index contributed by atoms with van der Waals surface area (Å²) >= 11 is 0. The second-order valence-corrected chi connectivity index (χ2v) is 6.76. The van der Waals surface area contributed by atoms with Gasteiger partial charge in [0.05, 0.1) is 29.4 Å². The fourth-order valence-electron chi connectivity index (χ4n) is 3.13. The average molecular weight is 365 g/mol. The van der Waals surface area contributed by atoms with Crippen LogP contribution >= 0.6 is 0 Å². The molecule has 1 unspecified atom stereocenters. The summed E-state index contributed by atoms with van der Waals surface area (Å²) in [5.74, 6) is 0. The topological polar surface area (TPSA) is 126 Å². The van der Waals surface area contributed by atoms with Gasteiger partial charge in [0.1, 0.15) is 23.7 Å². The number of rotatable bonds is 4. The summed E-state index contributed by atoms with van der Waals surface area (Å²) in [6.07, 6.45) is 4.87. The monoisotopic (exact) mass is 365 g/mol. The molecule has 1 aliphatic carbocycles. The molecule has 27 heavy (non-hydrogen) atoms. The lowest BCUT2D eigenvalue weighted by Crippen LogP contribution is -2.30. The first-order valence-corrected chi connectivity index (χ1v) is 8.62. The van der Waals surface area contributed by atoms with Gasteiger partial charge >= 0.3 is 0 Å². The van der Waals surface area contributed by atoms with Crippen molar-refractivity contribution in [2.75, 3.05) is 0 Å². The molecule has 0 N–H and O–H groups in total. The van der Waals surface area contributed by atoms with Gasteiger partial charge in [0.25, 0.3) is 11.1 Å². The van der Waals surface area contributed by atoms with Gasteiger partial charge in [-0.2, -0.15) is 5.10 Å². The maximum absolute atomic E-state index is 12.9. The highest BCUT2D eigenvalue weighted by atomic mass is 16.1. The van der Waals surface area contributed by atoms with Gasteiger partial charge in [-0.3, -0.25) is 14.3 Å². The van der Waals surface area contributed by atoms with E-state index in [0.29, 0.717) is 28.4 Å². The van der Waals surface area contributed by atoms with E-state index in [0.717, 1.165) is 12.8 Å². The van der Waals surface area contributed by atoms with Crippen LogP contribution in [0.1, 0.15) is 31.8 Å². The molecule has 3 aromatic heterocycles. The van der Waals surface area contributed by atoms with Crippen molar-refractivity contribution in [1.29, 1.82) is 0 Å². The molecule has 3 heterocycles. The zero-order valence-electron chi connectivity index (χ0n) is 14.4. The first-order valence-electron chi connectivity index (χ1n) is 8.62. The Labute approximate surface area is 151 Å². The van der Waals surface area contributed by atoms with E-state index in [1.807, 2.05) is 6.92 Å². The van der Waals surface area contributed by atoms with Crippen LogP contribution < -0.4 is 11.1 Å². The van der Waals surface area contributed by atoms with Crippen LogP contribution in [-0.4, -0.2) is 44.8 Å². The number of hydrogen-bond acceptors (Lipinski definition) is 8. The number of fused-ring (bicyclic) bond motifs is 2. The highest BCUT2D eigenvalue weighted by molar-refractivity contribution is 5.93. The Morgan fingerprint density at radius 3 is 2.44 bits per heavy atom. The molecule has 0 bridgehead atoms. The second-order valence-electron chi connectivity index (χ2n) is 6.76. The Balaban J connectivity index is 1.63. The molecule has 1 aliphatic rings. The van der Waals surface area contributed by atoms with Crippen LogP contribution in [0, 0.1) is 0 Å². The molecular formula is C16H15N9O2. The van der Waals surface area contributed by atoms with E-state index < -0.39 is 0 Å². The molecule has 0 amide bonds. The fourth-order valence-corrected chi connectivity index (χ4v) is 3.13. The van der Waals surface area contributed by atoms with E-state index in [1.54, 1.807) is 23.1 Å². The summed E-state index contributed by atoms with van der Waals surface area (Å²) in [7, 11) is 0. The van der Waals surface area contributed by atoms with Crippen LogP contribution in [-0.2, 0) is 6.54 Å². The van der Waals surface area contributed by atoms with Crippen molar-refractivity contribution in [2.45, 2.75) is 38.4 Å². The van der Waals surface area contributed by atoms with E-state index in [4.69, 9.17) is 0 Å². The van der Waals surface area contributed by atoms with Crippen LogP contribution in [0.25, 0.3) is 21.8 Å². The van der Waals surface area contributed by atoms with Gasteiger partial charge < -0.3 is 0 Å². The molecule has 11 nitrogen and oxygen atoms in total. The quantitative estimate of drug-likeness (QED) is 0.466. The third-order valence-electron chi connectivity index (χ3n) is 4.72. The smallest absolute Gasteiger partial charge is 0.267 e. The Bertz CT molecular complexity index is 1270. The molecule has 1 saturated carbocycles. The van der Waals surface area contributed by atoms with Gasteiger partial charge in [0, 0.05) is 0 Å². The fraction of sp³-hybridized carbons (Fsp3) is 0.375. The standard InChI is InChI=1S/C16H15N9O2/c1-9(6-23-8-17-7-18-23)24-15(26)11-4-14-12(5-13(11)19-21-24)16(27)25(22-20-14)10-2-3-10/h4-5,7-10H,2-3,6H2,1H3. The van der Waals surface area contributed by atoms with Crippen molar-refractivity contribution in [2.24, 2.45) is 0 Å². The van der Waals surface area contributed by atoms with Crippen molar-refractivity contribution < 1.29 is 0 Å². The summed E-state index contributed by atoms with van der Waals surface area (Å²) < 4.78 is 4.33. The molecule has 11 heteroatoms. The Morgan fingerprint density at radius 2 is 1.78 bits per heavy atom. The molecule has 1 fully saturated rings. The number of aromatic nitrogens is 9. The van der Waals surface area contributed by atoms with Crippen molar-refractivity contribution in [3.63, 3.8) is 0 Å². The minimum Gasteiger partial charge on any atom is -0.267 e. The average Bonchev–Trinajstić information content (AvgIpc) is 3.38. The van der Waals surface area contributed by atoms with Crippen LogP contribution in [0.2, 0.25) is 0 Å². The molecule has 0 spiro atoms. The lowest BCUT2D eigenvalue weighted by atomic mass is 10.2. The predicted octanol–water partition coefficient (Wildman–Crippen LogP) is 0.0840. The number of nitrogens with zero attached hydrogens (tertiary/aromatic N) is 9. The molecule has 0 aliphatic heterocycles. The SMILES string of the molecule is CC(Cn1cncn1)n1nnc2cc3c(=O)n(C4CC4)nnc3cc2c1=O. The van der Waals surface area contributed by atoms with Crippen LogP contribution in [0.4, 0.5) is 0 Å². The highest BCUT2D eigenvalue weighted by Crippen LogP contribution is 2.32. The Kier molecular flexibility index (Phi) is 3.35. The third kappa shape index (κ3) is 2.58. The minimum absolute atomic E-state index is 0.127. The number of hydrogen-bond donors (Lipinski definition) is 0.